The van der Waals surface area contributed by atoms with E-state index in [-0.39, 0.29) is 0 Å². The highest BCUT2D eigenvalue weighted by Crippen LogP contribution is 2.41. The second kappa shape index (κ2) is 17.7. The molecule has 0 spiro atoms. The Morgan fingerprint density at radius 2 is 0.984 bits per heavy atom. The topological polar surface area (TPSA) is 44.2 Å². The highest BCUT2D eigenvalue weighted by atomic mass is 16.7. The number of nitrogens with zero attached hydrogens (tertiary/aromatic N) is 2. The van der Waals surface area contributed by atoms with Crippen LogP contribution in [-0.4, -0.2) is 28.3 Å². The molecule has 0 bridgehead atoms. The lowest BCUT2D eigenvalue weighted by Crippen LogP contribution is -2.41. The van der Waals surface area contributed by atoms with Gasteiger partial charge in [0.15, 0.2) is 0 Å². The summed E-state index contributed by atoms with van der Waals surface area (Å²) in [7, 11) is -0.557. The van der Waals surface area contributed by atoms with Gasteiger partial charge in [-0.2, -0.15) is 0 Å². The van der Waals surface area contributed by atoms with E-state index in [9.17, 15) is 0 Å². The van der Waals surface area contributed by atoms with Crippen LogP contribution in [-0.2, 0) is 9.31 Å². The van der Waals surface area contributed by atoms with Crippen LogP contribution in [0, 0.1) is 6.92 Å². The van der Waals surface area contributed by atoms with Crippen molar-refractivity contribution in [3.63, 3.8) is 0 Å². The van der Waals surface area contributed by atoms with Gasteiger partial charge in [-0.1, -0.05) is 164 Å². The molecule has 0 N–H and O–H groups in total. The molecule has 5 heteroatoms. The van der Waals surface area contributed by atoms with Gasteiger partial charge in [0.1, 0.15) is 0 Å². The van der Waals surface area contributed by atoms with Gasteiger partial charge in [-0.3, -0.25) is 9.97 Å². The summed E-state index contributed by atoms with van der Waals surface area (Å²) in [6.45, 7) is 14.9. The predicted octanol–water partition coefficient (Wildman–Crippen LogP) is 14.6. The maximum Gasteiger partial charge on any atom is 0.494 e. The van der Waals surface area contributed by atoms with Crippen molar-refractivity contribution in [2.75, 3.05) is 0 Å². The molecule has 1 aliphatic rings. The molecule has 0 amide bonds. The average Bonchev–Trinajstić information content (AvgIpc) is 3.56. The molecule has 3 heterocycles. The Labute approximate surface area is 379 Å². The van der Waals surface area contributed by atoms with Gasteiger partial charge in [0.25, 0.3) is 0 Å². The van der Waals surface area contributed by atoms with E-state index >= 15 is 0 Å². The average molecular weight is 833 g/mol. The fourth-order valence-corrected chi connectivity index (χ4v) is 8.65. The number of allylic oxidation sites excluding steroid dienone is 4. The summed E-state index contributed by atoms with van der Waals surface area (Å²) in [4.78, 5) is 9.96. The highest BCUT2D eigenvalue weighted by Gasteiger charge is 2.51. The summed E-state index contributed by atoms with van der Waals surface area (Å²) in [5.74, 6) is 0. The summed E-state index contributed by atoms with van der Waals surface area (Å²) in [5, 5.41) is 0. The van der Waals surface area contributed by atoms with Crippen molar-refractivity contribution in [1.82, 2.24) is 9.97 Å². The van der Waals surface area contributed by atoms with Crippen molar-refractivity contribution >= 4 is 23.7 Å². The van der Waals surface area contributed by atoms with Crippen LogP contribution in [0.4, 0.5) is 0 Å². The highest BCUT2D eigenvalue weighted by molar-refractivity contribution is 6.62. The summed E-state index contributed by atoms with van der Waals surface area (Å²) in [6.07, 6.45) is 8.37. The van der Waals surface area contributed by atoms with Crippen LogP contribution in [0.3, 0.4) is 0 Å². The lowest BCUT2D eigenvalue weighted by Gasteiger charge is -2.32. The van der Waals surface area contributed by atoms with Crippen molar-refractivity contribution in [1.29, 1.82) is 0 Å². The molecule has 0 aliphatic carbocycles. The van der Waals surface area contributed by atoms with Gasteiger partial charge in [0, 0.05) is 34.6 Å². The molecule has 0 atom stereocenters. The van der Waals surface area contributed by atoms with Crippen LogP contribution in [0.5, 0.6) is 0 Å². The first-order chi connectivity index (χ1) is 31.0. The number of aryl methyl sites for hydroxylation is 1. The maximum absolute atomic E-state index is 6.75. The van der Waals surface area contributed by atoms with E-state index in [1.54, 1.807) is 0 Å². The summed E-state index contributed by atoms with van der Waals surface area (Å²) < 4.78 is 13.5. The van der Waals surface area contributed by atoms with Gasteiger partial charge < -0.3 is 9.31 Å². The molecule has 0 radical (unpaired) electrons. The lowest BCUT2D eigenvalue weighted by atomic mass is 9.75. The van der Waals surface area contributed by atoms with E-state index in [0.717, 1.165) is 89.2 Å². The lowest BCUT2D eigenvalue weighted by molar-refractivity contribution is 0.00578. The van der Waals surface area contributed by atoms with Crippen molar-refractivity contribution < 1.29 is 9.31 Å². The summed E-state index contributed by atoms with van der Waals surface area (Å²) in [6, 6.07) is 60.1. The normalized spacial score (nSPS) is 14.8. The Morgan fingerprint density at radius 3 is 1.58 bits per heavy atom. The van der Waals surface area contributed by atoms with Crippen molar-refractivity contribution in [2.24, 2.45) is 0 Å². The molecule has 314 valence electrons. The molecular weight excluding hydrogens is 779 g/mol. The van der Waals surface area contributed by atoms with Crippen LogP contribution in [0.1, 0.15) is 58.2 Å². The fourth-order valence-electron chi connectivity index (χ4n) is 8.65. The summed E-state index contributed by atoms with van der Waals surface area (Å²) >= 11 is 0. The Kier molecular flexibility index (Phi) is 11.7. The first-order valence-corrected chi connectivity index (χ1v) is 22.2. The summed E-state index contributed by atoms with van der Waals surface area (Å²) in [5.41, 5.74) is 18.6. The number of hydrogen-bond donors (Lipinski definition) is 0. The first kappa shape index (κ1) is 42.4. The number of hydrogen-bond acceptors (Lipinski definition) is 4. The van der Waals surface area contributed by atoms with Crippen molar-refractivity contribution in [3.8, 4) is 67.0 Å². The number of benzene rings is 6. The number of aromatic nitrogens is 2. The zero-order chi connectivity index (χ0) is 44.4. The Balaban J connectivity index is 1.16. The third-order valence-electron chi connectivity index (χ3n) is 12.9. The van der Waals surface area contributed by atoms with Crippen LogP contribution >= 0.6 is 0 Å². The standard InChI is InChI=1S/C59H53BN2O2/c1-8-20-50(41(3)55-39-62-57(45-25-16-11-17-26-45)37-53(55)42-21-12-9-13-22-42)47-34-48(36-49(35-47)60-63-58(4,5)59(6,7)64-60)52-28-19-18-27-51(52)44-29-31-46(32-30-44)56-33-40(2)54(38-61-56)43-23-14-10-15-24-43/h8-39H,1-7H3/b20-8-,50-41-. The minimum absolute atomic E-state index is 0.503. The van der Waals surface area contributed by atoms with Gasteiger partial charge in [-0.15, -0.1) is 0 Å². The maximum atomic E-state index is 6.75. The third kappa shape index (κ3) is 8.45. The molecule has 0 saturated carbocycles. The second-order valence-electron chi connectivity index (χ2n) is 17.7. The Hall–Kier alpha value is -6.92. The monoisotopic (exact) mass is 832 g/mol. The van der Waals surface area contributed by atoms with Crippen molar-refractivity contribution in [3.05, 3.63) is 211 Å². The second-order valence-corrected chi connectivity index (χ2v) is 17.7. The zero-order valence-corrected chi connectivity index (χ0v) is 37.8. The first-order valence-electron chi connectivity index (χ1n) is 22.2. The SMILES string of the molecule is C/C=C\C(=C(/C)c1cnc(-c2ccccc2)cc1-c1ccccc1)c1cc(B2OC(C)(C)C(C)(C)O2)cc(-c2ccccc2-c2ccc(-c3cc(C)c(-c4ccccc4)cn3)cc2)c1. The predicted molar refractivity (Wildman–Crippen MR) is 269 cm³/mol. The minimum Gasteiger partial charge on any atom is -0.399 e. The molecule has 4 nitrogen and oxygen atoms in total. The molecule has 0 unspecified atom stereocenters. The van der Waals surface area contributed by atoms with Gasteiger partial charge in [-0.05, 0) is 133 Å². The molecule has 2 aromatic heterocycles. The molecule has 1 fully saturated rings. The molecular formula is C59H53BN2O2. The quantitative estimate of drug-likeness (QED) is 0.102. The van der Waals surface area contributed by atoms with Crippen molar-refractivity contribution in [2.45, 2.75) is 59.7 Å². The van der Waals surface area contributed by atoms with Gasteiger partial charge >= 0.3 is 7.12 Å². The number of pyridine rings is 2. The zero-order valence-electron chi connectivity index (χ0n) is 37.8. The van der Waals surface area contributed by atoms with E-state index in [1.807, 2.05) is 24.5 Å². The van der Waals surface area contributed by atoms with Gasteiger partial charge in [0.05, 0.1) is 22.6 Å². The molecule has 1 aliphatic heterocycles. The van der Waals surface area contributed by atoms with Gasteiger partial charge in [-0.25, -0.2) is 0 Å². The smallest absolute Gasteiger partial charge is 0.399 e. The van der Waals surface area contributed by atoms with Crippen LogP contribution in [0.2, 0.25) is 0 Å². The van der Waals surface area contributed by atoms with E-state index in [4.69, 9.17) is 19.3 Å². The molecule has 1 saturated heterocycles. The van der Waals surface area contributed by atoms with Crippen LogP contribution in [0.25, 0.3) is 78.2 Å². The fraction of sp³-hybridized carbons (Fsp3) is 0.153. The van der Waals surface area contributed by atoms with Crippen LogP contribution < -0.4 is 5.46 Å². The van der Waals surface area contributed by atoms with Gasteiger partial charge in [0.2, 0.25) is 0 Å². The largest absolute Gasteiger partial charge is 0.494 e. The Morgan fingerprint density at radius 1 is 0.500 bits per heavy atom. The van der Waals surface area contributed by atoms with E-state index in [1.165, 1.54) is 11.1 Å². The molecule has 8 aromatic rings. The molecule has 9 rings (SSSR count). The van der Waals surface area contributed by atoms with E-state index in [0.29, 0.717) is 0 Å². The Bertz CT molecular complexity index is 2990. The molecule has 64 heavy (non-hydrogen) atoms. The van der Waals surface area contributed by atoms with E-state index < -0.39 is 18.3 Å². The van der Waals surface area contributed by atoms with Crippen LogP contribution in [0.15, 0.2) is 194 Å². The van der Waals surface area contributed by atoms with E-state index in [2.05, 4.69) is 218 Å². The minimum atomic E-state index is -0.557. The third-order valence-corrected chi connectivity index (χ3v) is 12.9. The number of rotatable bonds is 10. The molecule has 6 aromatic carbocycles.